The van der Waals surface area contributed by atoms with Crippen molar-refractivity contribution in [1.29, 1.82) is 0 Å². The van der Waals surface area contributed by atoms with Crippen molar-refractivity contribution in [2.24, 2.45) is 5.92 Å². The van der Waals surface area contributed by atoms with E-state index in [2.05, 4.69) is 15.9 Å². The van der Waals surface area contributed by atoms with Gasteiger partial charge >= 0.3 is 5.97 Å². The van der Waals surface area contributed by atoms with Crippen molar-refractivity contribution >= 4 is 33.5 Å². The number of carbonyl (C=O) groups is 1. The van der Waals surface area contributed by atoms with Crippen LogP contribution in [-0.2, 0) is 9.53 Å². The molecule has 0 aliphatic heterocycles. The fraction of sp³-hybridized carbons (Fsp3) is 0.500. The molecule has 0 aromatic heterocycles. The quantitative estimate of drug-likeness (QED) is 0.786. The Kier molecular flexibility index (Phi) is 6.83. The van der Waals surface area contributed by atoms with Gasteiger partial charge in [0.05, 0.1) is 18.6 Å². The molecule has 1 rings (SSSR count). The Labute approximate surface area is 127 Å². The average Bonchev–Trinajstić information content (AvgIpc) is 2.35. The van der Waals surface area contributed by atoms with Gasteiger partial charge in [-0.1, -0.05) is 46.9 Å². The number of hydrogen-bond acceptors (Lipinski definition) is 3. The van der Waals surface area contributed by atoms with Crippen LogP contribution in [0.4, 0.5) is 0 Å². The predicted molar refractivity (Wildman–Crippen MR) is 79.1 cm³/mol. The molecule has 0 aliphatic rings. The molecule has 1 N–H and O–H groups in total. The van der Waals surface area contributed by atoms with Crippen LogP contribution in [0.1, 0.15) is 38.4 Å². The highest BCUT2D eigenvalue weighted by molar-refractivity contribution is 9.10. The third-order valence-electron chi connectivity index (χ3n) is 2.85. The molecular weight excluding hydrogens is 332 g/mol. The molecule has 0 heterocycles. The number of aliphatic hydroxyl groups excluding tert-OH is 1. The van der Waals surface area contributed by atoms with E-state index in [1.165, 1.54) is 0 Å². The van der Waals surface area contributed by atoms with Crippen molar-refractivity contribution in [3.8, 4) is 0 Å². The molecule has 2 atom stereocenters. The summed E-state index contributed by atoms with van der Waals surface area (Å²) in [5.74, 6) is -0.959. The Morgan fingerprint density at radius 1 is 1.47 bits per heavy atom. The minimum atomic E-state index is -0.945. The lowest BCUT2D eigenvalue weighted by Crippen LogP contribution is -2.24. The van der Waals surface area contributed by atoms with Crippen molar-refractivity contribution in [3.63, 3.8) is 0 Å². The van der Waals surface area contributed by atoms with Crippen LogP contribution in [0.5, 0.6) is 0 Å². The maximum atomic E-state index is 11.9. The van der Waals surface area contributed by atoms with Gasteiger partial charge in [0.15, 0.2) is 0 Å². The smallest absolute Gasteiger partial charge is 0.311 e. The van der Waals surface area contributed by atoms with Crippen molar-refractivity contribution in [3.05, 3.63) is 33.3 Å². The summed E-state index contributed by atoms with van der Waals surface area (Å²) in [6.07, 6.45) is 0.403. The normalized spacial score (nSPS) is 13.9. The zero-order valence-corrected chi connectivity index (χ0v) is 13.4. The van der Waals surface area contributed by atoms with Crippen LogP contribution in [-0.4, -0.2) is 17.7 Å². The van der Waals surface area contributed by atoms with Gasteiger partial charge in [-0.25, -0.2) is 0 Å². The van der Waals surface area contributed by atoms with Gasteiger partial charge in [-0.2, -0.15) is 0 Å². The third kappa shape index (κ3) is 4.48. The lowest BCUT2D eigenvalue weighted by atomic mass is 9.92. The van der Waals surface area contributed by atoms with Crippen LogP contribution in [0.15, 0.2) is 22.7 Å². The van der Waals surface area contributed by atoms with Gasteiger partial charge in [-0.05, 0) is 25.5 Å². The second-order valence-corrected chi connectivity index (χ2v) is 5.58. The lowest BCUT2D eigenvalue weighted by Gasteiger charge is -2.22. The number of halogens is 2. The largest absolute Gasteiger partial charge is 0.466 e. The first kappa shape index (κ1) is 16.5. The number of hydrogen-bond donors (Lipinski definition) is 1. The molecule has 1 aromatic carbocycles. The number of rotatable bonds is 6. The Balaban J connectivity index is 2.98. The van der Waals surface area contributed by atoms with Crippen LogP contribution in [0, 0.1) is 5.92 Å². The summed E-state index contributed by atoms with van der Waals surface area (Å²) in [7, 11) is 0. The van der Waals surface area contributed by atoms with Gasteiger partial charge in [-0.3, -0.25) is 4.79 Å². The Bertz CT molecular complexity index is 437. The zero-order valence-electron chi connectivity index (χ0n) is 11.0. The summed E-state index contributed by atoms with van der Waals surface area (Å²) >= 11 is 9.42. The lowest BCUT2D eigenvalue weighted by molar-refractivity contribution is -0.152. The Morgan fingerprint density at radius 2 is 2.16 bits per heavy atom. The molecular formula is C14H18BrClO3. The van der Waals surface area contributed by atoms with E-state index in [4.69, 9.17) is 16.3 Å². The average molecular weight is 350 g/mol. The first-order valence-electron chi connectivity index (χ1n) is 6.30. The fourth-order valence-corrected chi connectivity index (χ4v) is 2.71. The van der Waals surface area contributed by atoms with Gasteiger partial charge in [0.1, 0.15) is 0 Å². The van der Waals surface area contributed by atoms with Gasteiger partial charge < -0.3 is 9.84 Å². The summed E-state index contributed by atoms with van der Waals surface area (Å²) in [5.41, 5.74) is 0.552. The number of carbonyl (C=O) groups excluding carboxylic acids is 1. The summed E-state index contributed by atoms with van der Waals surface area (Å²) < 4.78 is 5.84. The van der Waals surface area contributed by atoms with E-state index >= 15 is 0 Å². The van der Waals surface area contributed by atoms with Crippen LogP contribution < -0.4 is 0 Å². The molecule has 106 valence electrons. The molecule has 0 spiro atoms. The second kappa shape index (κ2) is 7.88. The summed E-state index contributed by atoms with van der Waals surface area (Å²) in [5, 5.41) is 10.8. The molecule has 2 unspecified atom stereocenters. The monoisotopic (exact) mass is 348 g/mol. The van der Waals surface area contributed by atoms with Gasteiger partial charge in [0.2, 0.25) is 0 Å². The molecule has 1 aromatic rings. The highest BCUT2D eigenvalue weighted by Gasteiger charge is 2.29. The predicted octanol–water partition coefficient (Wildman–Crippen LogP) is 4.12. The molecule has 0 amide bonds. The molecule has 0 aliphatic carbocycles. The molecule has 0 fully saturated rings. The van der Waals surface area contributed by atoms with E-state index in [0.717, 1.165) is 10.9 Å². The highest BCUT2D eigenvalue weighted by atomic mass is 79.9. The van der Waals surface area contributed by atoms with E-state index in [0.29, 0.717) is 23.6 Å². The maximum Gasteiger partial charge on any atom is 0.311 e. The van der Waals surface area contributed by atoms with E-state index in [-0.39, 0.29) is 5.97 Å². The number of aliphatic hydroxyl groups is 1. The maximum absolute atomic E-state index is 11.9. The van der Waals surface area contributed by atoms with Crippen LogP contribution in [0.3, 0.4) is 0 Å². The van der Waals surface area contributed by atoms with Crippen molar-refractivity contribution in [2.45, 2.75) is 32.8 Å². The fourth-order valence-electron chi connectivity index (χ4n) is 1.92. The van der Waals surface area contributed by atoms with Crippen LogP contribution in [0.25, 0.3) is 0 Å². The number of benzene rings is 1. The van der Waals surface area contributed by atoms with E-state index in [1.54, 1.807) is 25.1 Å². The SMILES string of the molecule is CCCC(C(=O)OCC)C(O)c1ccc(Br)cc1Cl. The second-order valence-electron chi connectivity index (χ2n) is 4.26. The summed E-state index contributed by atoms with van der Waals surface area (Å²) in [6.45, 7) is 4.02. The number of ether oxygens (including phenoxy) is 1. The minimum Gasteiger partial charge on any atom is -0.466 e. The third-order valence-corrected chi connectivity index (χ3v) is 3.67. The van der Waals surface area contributed by atoms with Crippen LogP contribution in [0.2, 0.25) is 5.02 Å². The Hall–Kier alpha value is -0.580. The van der Waals surface area contributed by atoms with Crippen molar-refractivity contribution < 1.29 is 14.6 Å². The van der Waals surface area contributed by atoms with Gasteiger partial charge in [-0.15, -0.1) is 0 Å². The molecule has 0 saturated carbocycles. The zero-order chi connectivity index (χ0) is 14.4. The highest BCUT2D eigenvalue weighted by Crippen LogP contribution is 2.33. The molecule has 0 bridgehead atoms. The molecule has 0 radical (unpaired) electrons. The first-order valence-corrected chi connectivity index (χ1v) is 7.48. The molecule has 19 heavy (non-hydrogen) atoms. The molecule has 5 heteroatoms. The topological polar surface area (TPSA) is 46.5 Å². The van der Waals surface area contributed by atoms with E-state index < -0.39 is 12.0 Å². The van der Waals surface area contributed by atoms with E-state index in [1.807, 2.05) is 6.92 Å². The van der Waals surface area contributed by atoms with Crippen molar-refractivity contribution in [2.75, 3.05) is 6.61 Å². The van der Waals surface area contributed by atoms with Gasteiger partial charge in [0, 0.05) is 15.1 Å². The number of esters is 1. The van der Waals surface area contributed by atoms with Crippen LogP contribution >= 0.6 is 27.5 Å². The summed E-state index contributed by atoms with van der Waals surface area (Å²) in [4.78, 5) is 11.9. The standard InChI is InChI=1S/C14H18BrClO3/c1-3-5-11(14(18)19-4-2)13(17)10-7-6-9(15)8-12(10)16/h6-8,11,13,17H,3-5H2,1-2H3. The minimum absolute atomic E-state index is 0.305. The Morgan fingerprint density at radius 3 is 2.68 bits per heavy atom. The van der Waals surface area contributed by atoms with E-state index in [9.17, 15) is 9.90 Å². The molecule has 0 saturated heterocycles. The van der Waals surface area contributed by atoms with Crippen molar-refractivity contribution in [1.82, 2.24) is 0 Å². The molecule has 3 nitrogen and oxygen atoms in total. The van der Waals surface area contributed by atoms with Gasteiger partial charge in [0.25, 0.3) is 0 Å². The summed E-state index contributed by atoms with van der Waals surface area (Å²) in [6, 6.07) is 5.21. The first-order chi connectivity index (χ1) is 9.01.